The highest BCUT2D eigenvalue weighted by Crippen LogP contribution is 2.39. The molecule has 84 valence electrons. The number of hydrogen-bond acceptors (Lipinski definition) is 2. The summed E-state index contributed by atoms with van der Waals surface area (Å²) in [6, 6.07) is 6.28. The highest BCUT2D eigenvalue weighted by molar-refractivity contribution is 5.69. The molecule has 1 atom stereocenters. The number of fused-ring (bicyclic) bond motifs is 1. The minimum absolute atomic E-state index is 0.130. The van der Waals surface area contributed by atoms with Crippen LogP contribution < -0.4 is 4.74 Å². The second kappa shape index (κ2) is 3.36. The van der Waals surface area contributed by atoms with Gasteiger partial charge in [0.1, 0.15) is 18.5 Å². The Morgan fingerprint density at radius 3 is 3.00 bits per heavy atom. The zero-order valence-corrected chi connectivity index (χ0v) is 9.69. The molecule has 1 saturated heterocycles. The van der Waals surface area contributed by atoms with E-state index in [0.29, 0.717) is 12.7 Å². The third kappa shape index (κ3) is 1.63. The van der Waals surface area contributed by atoms with E-state index in [4.69, 9.17) is 9.47 Å². The van der Waals surface area contributed by atoms with Crippen molar-refractivity contribution in [3.05, 3.63) is 35.4 Å². The molecule has 1 aromatic carbocycles. The molecule has 0 bridgehead atoms. The quantitative estimate of drug-likeness (QED) is 0.725. The highest BCUT2D eigenvalue weighted by atomic mass is 16.6. The van der Waals surface area contributed by atoms with Crippen molar-refractivity contribution in [1.29, 1.82) is 0 Å². The van der Waals surface area contributed by atoms with Gasteiger partial charge in [0.05, 0.1) is 6.61 Å². The topological polar surface area (TPSA) is 21.8 Å². The van der Waals surface area contributed by atoms with Crippen LogP contribution in [0, 0.1) is 0 Å². The van der Waals surface area contributed by atoms with Gasteiger partial charge in [0.2, 0.25) is 0 Å². The number of allylic oxidation sites excluding steroid dienone is 1. The molecular formula is C14H16O2. The Kier molecular flexibility index (Phi) is 2.08. The fraction of sp³-hybridized carbons (Fsp3) is 0.429. The van der Waals surface area contributed by atoms with Crippen molar-refractivity contribution < 1.29 is 9.47 Å². The molecule has 0 radical (unpaired) electrons. The zero-order valence-electron chi connectivity index (χ0n) is 9.69. The molecule has 1 heterocycles. The third-order valence-corrected chi connectivity index (χ3v) is 3.25. The molecule has 3 rings (SSSR count). The van der Waals surface area contributed by atoms with E-state index in [9.17, 15) is 0 Å². The van der Waals surface area contributed by atoms with Gasteiger partial charge in [0.25, 0.3) is 0 Å². The fourth-order valence-corrected chi connectivity index (χ4v) is 2.13. The Morgan fingerprint density at radius 1 is 1.44 bits per heavy atom. The number of hydrogen-bond donors (Lipinski definition) is 0. The molecular weight excluding hydrogens is 200 g/mol. The normalized spacial score (nSPS) is 24.2. The summed E-state index contributed by atoms with van der Waals surface area (Å²) < 4.78 is 10.9. The Labute approximate surface area is 95.9 Å². The maximum absolute atomic E-state index is 5.79. The Morgan fingerprint density at radius 2 is 2.25 bits per heavy atom. The van der Waals surface area contributed by atoms with Gasteiger partial charge in [-0.15, -0.1) is 0 Å². The number of rotatable bonds is 3. The van der Waals surface area contributed by atoms with E-state index in [1.54, 1.807) is 0 Å². The van der Waals surface area contributed by atoms with Crippen molar-refractivity contribution in [3.63, 3.8) is 0 Å². The molecule has 1 fully saturated rings. The van der Waals surface area contributed by atoms with E-state index in [1.165, 1.54) is 11.1 Å². The maximum atomic E-state index is 5.79. The van der Waals surface area contributed by atoms with Crippen molar-refractivity contribution in [1.82, 2.24) is 0 Å². The summed E-state index contributed by atoms with van der Waals surface area (Å²) in [5.74, 6) is 0.981. The summed E-state index contributed by atoms with van der Waals surface area (Å²) >= 11 is 0. The summed E-state index contributed by atoms with van der Waals surface area (Å²) in [6.07, 6.45) is 4.71. The average molecular weight is 216 g/mol. The molecule has 1 aliphatic carbocycles. The molecule has 0 saturated carbocycles. The van der Waals surface area contributed by atoms with Crippen LogP contribution in [0.3, 0.4) is 0 Å². The van der Waals surface area contributed by atoms with Gasteiger partial charge in [-0.2, -0.15) is 0 Å². The SMILES string of the molecule is CC1(C)C=Cc2c(OCC3CO3)cccc21. The van der Waals surface area contributed by atoms with Crippen molar-refractivity contribution in [3.8, 4) is 5.75 Å². The number of epoxide rings is 1. The lowest BCUT2D eigenvalue weighted by atomic mass is 9.87. The minimum atomic E-state index is 0.130. The first-order chi connectivity index (χ1) is 7.67. The van der Waals surface area contributed by atoms with E-state index < -0.39 is 0 Å². The van der Waals surface area contributed by atoms with Crippen molar-refractivity contribution in [2.45, 2.75) is 25.4 Å². The molecule has 1 aliphatic heterocycles. The molecule has 2 nitrogen and oxygen atoms in total. The lowest BCUT2D eigenvalue weighted by Crippen LogP contribution is -2.11. The van der Waals surface area contributed by atoms with Gasteiger partial charge in [-0.3, -0.25) is 0 Å². The zero-order chi connectivity index (χ0) is 11.2. The van der Waals surface area contributed by atoms with E-state index in [0.717, 1.165) is 12.4 Å². The smallest absolute Gasteiger partial charge is 0.126 e. The fourth-order valence-electron chi connectivity index (χ4n) is 2.13. The summed E-state index contributed by atoms with van der Waals surface area (Å²) in [6.45, 7) is 5.97. The van der Waals surface area contributed by atoms with Crippen molar-refractivity contribution >= 4 is 6.08 Å². The van der Waals surface area contributed by atoms with Crippen LogP contribution in [-0.2, 0) is 10.2 Å². The van der Waals surface area contributed by atoms with Crippen LogP contribution in [0.2, 0.25) is 0 Å². The molecule has 2 aliphatic rings. The summed E-state index contributed by atoms with van der Waals surface area (Å²) in [7, 11) is 0. The van der Waals surface area contributed by atoms with Gasteiger partial charge in [-0.25, -0.2) is 0 Å². The highest BCUT2D eigenvalue weighted by Gasteiger charge is 2.28. The molecule has 0 N–H and O–H groups in total. The summed E-state index contributed by atoms with van der Waals surface area (Å²) in [4.78, 5) is 0. The maximum Gasteiger partial charge on any atom is 0.126 e. The second-order valence-corrected chi connectivity index (χ2v) is 5.04. The molecule has 1 aromatic rings. The Bertz CT molecular complexity index is 442. The van der Waals surface area contributed by atoms with E-state index in [2.05, 4.69) is 38.1 Å². The van der Waals surface area contributed by atoms with Crippen LogP contribution >= 0.6 is 0 Å². The minimum Gasteiger partial charge on any atom is -0.490 e. The molecule has 2 heteroatoms. The molecule has 1 unspecified atom stereocenters. The number of ether oxygens (including phenoxy) is 2. The lowest BCUT2D eigenvalue weighted by molar-refractivity contribution is 0.262. The molecule has 0 spiro atoms. The lowest BCUT2D eigenvalue weighted by Gasteiger charge is -2.18. The molecule has 0 aromatic heterocycles. The van der Waals surface area contributed by atoms with E-state index in [1.807, 2.05) is 6.07 Å². The standard InChI is InChI=1S/C14H16O2/c1-14(2)7-6-11-12(14)4-3-5-13(11)16-9-10-8-15-10/h3-7,10H,8-9H2,1-2H3. The van der Waals surface area contributed by atoms with Gasteiger partial charge >= 0.3 is 0 Å². The summed E-state index contributed by atoms with van der Waals surface area (Å²) in [5.41, 5.74) is 2.71. The summed E-state index contributed by atoms with van der Waals surface area (Å²) in [5, 5.41) is 0. The van der Waals surface area contributed by atoms with Crippen molar-refractivity contribution in [2.75, 3.05) is 13.2 Å². The first-order valence-corrected chi connectivity index (χ1v) is 5.74. The van der Waals surface area contributed by atoms with Gasteiger partial charge in [0, 0.05) is 11.0 Å². The van der Waals surface area contributed by atoms with Gasteiger partial charge in [-0.05, 0) is 11.6 Å². The van der Waals surface area contributed by atoms with Crippen LogP contribution in [0.25, 0.3) is 6.08 Å². The van der Waals surface area contributed by atoms with Crippen LogP contribution in [0.5, 0.6) is 5.75 Å². The van der Waals surface area contributed by atoms with E-state index >= 15 is 0 Å². The van der Waals surface area contributed by atoms with Crippen LogP contribution in [-0.4, -0.2) is 19.3 Å². The van der Waals surface area contributed by atoms with Crippen LogP contribution in [0.1, 0.15) is 25.0 Å². The van der Waals surface area contributed by atoms with Crippen LogP contribution in [0.4, 0.5) is 0 Å². The van der Waals surface area contributed by atoms with Gasteiger partial charge in [0.15, 0.2) is 0 Å². The first kappa shape index (κ1) is 9.91. The van der Waals surface area contributed by atoms with Gasteiger partial charge in [-0.1, -0.05) is 38.1 Å². The number of benzene rings is 1. The molecule has 0 amide bonds. The predicted molar refractivity (Wildman–Crippen MR) is 63.7 cm³/mol. The largest absolute Gasteiger partial charge is 0.490 e. The Balaban J connectivity index is 1.89. The third-order valence-electron chi connectivity index (χ3n) is 3.25. The van der Waals surface area contributed by atoms with Crippen LogP contribution in [0.15, 0.2) is 24.3 Å². The molecule has 16 heavy (non-hydrogen) atoms. The average Bonchev–Trinajstić information content (AvgIpc) is 3.03. The first-order valence-electron chi connectivity index (χ1n) is 5.74. The van der Waals surface area contributed by atoms with Crippen molar-refractivity contribution in [2.24, 2.45) is 0 Å². The van der Waals surface area contributed by atoms with E-state index in [-0.39, 0.29) is 5.41 Å². The Hall–Kier alpha value is -1.28. The predicted octanol–water partition coefficient (Wildman–Crippen LogP) is 2.77. The monoisotopic (exact) mass is 216 g/mol. The second-order valence-electron chi connectivity index (χ2n) is 5.04. The van der Waals surface area contributed by atoms with Gasteiger partial charge < -0.3 is 9.47 Å².